The van der Waals surface area contributed by atoms with Crippen LogP contribution >= 0.6 is 0 Å². The van der Waals surface area contributed by atoms with E-state index in [1.165, 1.54) is 0 Å². The largest absolute Gasteiger partial charge is 0.501 e. The number of carbonyl (C=O) groups excluding carboxylic acids is 1. The molecule has 0 bridgehead atoms. The van der Waals surface area contributed by atoms with E-state index in [1.54, 1.807) is 19.3 Å². The van der Waals surface area contributed by atoms with Gasteiger partial charge < -0.3 is 4.74 Å². The molecule has 60 valence electrons. The number of ketones is 1. The molecule has 0 N–H and O–H groups in total. The summed E-state index contributed by atoms with van der Waals surface area (Å²) in [6.07, 6.45) is 7.18. The second-order valence-corrected chi connectivity index (χ2v) is 2.61. The van der Waals surface area contributed by atoms with E-state index in [4.69, 9.17) is 4.74 Å². The molecule has 0 amide bonds. The molecule has 1 rings (SSSR count). The number of carbonyl (C=O) groups is 1. The zero-order valence-electron chi connectivity index (χ0n) is 6.67. The lowest BCUT2D eigenvalue weighted by Crippen LogP contribution is -1.97. The second-order valence-electron chi connectivity index (χ2n) is 2.61. The lowest BCUT2D eigenvalue weighted by molar-refractivity contribution is -0.112. The third kappa shape index (κ3) is 3.03. The van der Waals surface area contributed by atoms with Gasteiger partial charge in [-0.25, -0.2) is 0 Å². The minimum absolute atomic E-state index is 0.0801. The fourth-order valence-corrected chi connectivity index (χ4v) is 0.932. The zero-order valence-corrected chi connectivity index (χ0v) is 6.67. The van der Waals surface area contributed by atoms with E-state index in [0.29, 0.717) is 0 Å². The third-order valence-corrected chi connectivity index (χ3v) is 1.49. The topological polar surface area (TPSA) is 26.3 Å². The number of allylic oxidation sites excluding steroid dienone is 3. The Morgan fingerprint density at radius 2 is 2.55 bits per heavy atom. The maximum atomic E-state index is 10.5. The molecule has 0 atom stereocenters. The van der Waals surface area contributed by atoms with Crippen LogP contribution in [0.4, 0.5) is 0 Å². The van der Waals surface area contributed by atoms with Gasteiger partial charge in [0.25, 0.3) is 0 Å². The third-order valence-electron chi connectivity index (χ3n) is 1.49. The van der Waals surface area contributed by atoms with Crippen molar-refractivity contribution in [3.63, 3.8) is 0 Å². The van der Waals surface area contributed by atoms with Gasteiger partial charge in [-0.2, -0.15) is 0 Å². The first-order chi connectivity index (χ1) is 5.29. The van der Waals surface area contributed by atoms with Gasteiger partial charge in [-0.05, 0) is 31.4 Å². The van der Waals surface area contributed by atoms with Crippen molar-refractivity contribution in [2.24, 2.45) is 0 Å². The van der Waals surface area contributed by atoms with Gasteiger partial charge in [0.1, 0.15) is 0 Å². The van der Waals surface area contributed by atoms with Gasteiger partial charge in [-0.15, -0.1) is 0 Å². The van der Waals surface area contributed by atoms with Crippen molar-refractivity contribution in [2.75, 3.05) is 6.61 Å². The number of rotatable bonds is 2. The molecule has 2 nitrogen and oxygen atoms in total. The molecule has 0 radical (unpaired) electrons. The zero-order chi connectivity index (χ0) is 8.10. The van der Waals surface area contributed by atoms with Crippen molar-refractivity contribution in [3.8, 4) is 0 Å². The highest BCUT2D eigenvalue weighted by Gasteiger charge is 1.99. The van der Waals surface area contributed by atoms with Crippen LogP contribution in [0, 0.1) is 0 Å². The molecule has 0 saturated heterocycles. The molecule has 1 aliphatic heterocycles. The van der Waals surface area contributed by atoms with E-state index in [-0.39, 0.29) is 5.78 Å². The summed E-state index contributed by atoms with van der Waals surface area (Å²) < 4.78 is 5.09. The second kappa shape index (κ2) is 3.96. The normalized spacial score (nSPS) is 17.7. The van der Waals surface area contributed by atoms with Crippen LogP contribution in [0.1, 0.15) is 19.8 Å². The Kier molecular flexibility index (Phi) is 2.90. The van der Waals surface area contributed by atoms with Crippen molar-refractivity contribution in [1.82, 2.24) is 0 Å². The van der Waals surface area contributed by atoms with Crippen LogP contribution in [-0.4, -0.2) is 12.4 Å². The van der Waals surface area contributed by atoms with Crippen LogP contribution in [0.15, 0.2) is 24.0 Å². The first-order valence-corrected chi connectivity index (χ1v) is 3.78. The number of ether oxygens (including phenoxy) is 1. The standard InChI is InChI=1S/C9H12O2/c1-8(10)4-5-9-3-2-6-11-7-9/h4-5,7H,2-3,6H2,1H3/b5-4+. The van der Waals surface area contributed by atoms with Gasteiger partial charge in [-0.3, -0.25) is 4.79 Å². The SMILES string of the molecule is CC(=O)/C=C/C1=COCCC1. The van der Waals surface area contributed by atoms with Crippen LogP contribution in [0.25, 0.3) is 0 Å². The van der Waals surface area contributed by atoms with Gasteiger partial charge >= 0.3 is 0 Å². The molecule has 0 aliphatic carbocycles. The summed E-state index contributed by atoms with van der Waals surface area (Å²) in [5.41, 5.74) is 1.10. The highest BCUT2D eigenvalue weighted by atomic mass is 16.5. The molecule has 0 spiro atoms. The lowest BCUT2D eigenvalue weighted by Gasteiger charge is -2.09. The fraction of sp³-hybridized carbons (Fsp3) is 0.444. The molecule has 11 heavy (non-hydrogen) atoms. The summed E-state index contributed by atoms with van der Waals surface area (Å²) in [7, 11) is 0. The van der Waals surface area contributed by atoms with Gasteiger partial charge in [0.05, 0.1) is 12.9 Å². The Bertz CT molecular complexity index is 202. The van der Waals surface area contributed by atoms with Crippen molar-refractivity contribution >= 4 is 5.78 Å². The highest BCUT2D eigenvalue weighted by molar-refractivity contribution is 5.87. The monoisotopic (exact) mass is 152 g/mol. The molecule has 0 aromatic heterocycles. The van der Waals surface area contributed by atoms with E-state index < -0.39 is 0 Å². The molecular formula is C9H12O2. The molecule has 0 aromatic carbocycles. The van der Waals surface area contributed by atoms with Crippen LogP contribution in [0.5, 0.6) is 0 Å². The quantitative estimate of drug-likeness (QED) is 0.564. The first kappa shape index (κ1) is 8.05. The number of hydrogen-bond acceptors (Lipinski definition) is 2. The average Bonchev–Trinajstić information content (AvgIpc) is 2.03. The van der Waals surface area contributed by atoms with Gasteiger partial charge in [0.2, 0.25) is 0 Å². The Morgan fingerprint density at radius 3 is 3.09 bits per heavy atom. The summed E-state index contributed by atoms with van der Waals surface area (Å²) >= 11 is 0. The van der Waals surface area contributed by atoms with E-state index in [1.807, 2.05) is 6.08 Å². The maximum Gasteiger partial charge on any atom is 0.152 e. The predicted molar refractivity (Wildman–Crippen MR) is 43.1 cm³/mol. The summed E-state index contributed by atoms with van der Waals surface area (Å²) in [5, 5.41) is 0. The predicted octanol–water partition coefficient (Wildman–Crippen LogP) is 1.83. The van der Waals surface area contributed by atoms with Crippen molar-refractivity contribution in [1.29, 1.82) is 0 Å². The molecular weight excluding hydrogens is 140 g/mol. The van der Waals surface area contributed by atoms with Crippen molar-refractivity contribution in [3.05, 3.63) is 24.0 Å². The van der Waals surface area contributed by atoms with E-state index >= 15 is 0 Å². The average molecular weight is 152 g/mol. The lowest BCUT2D eigenvalue weighted by atomic mass is 10.1. The van der Waals surface area contributed by atoms with Gasteiger partial charge in [0, 0.05) is 0 Å². The Hall–Kier alpha value is -1.05. The summed E-state index contributed by atoms with van der Waals surface area (Å²) in [6, 6.07) is 0. The van der Waals surface area contributed by atoms with Crippen molar-refractivity contribution < 1.29 is 9.53 Å². The van der Waals surface area contributed by atoms with E-state index in [0.717, 1.165) is 25.0 Å². The smallest absolute Gasteiger partial charge is 0.152 e. The van der Waals surface area contributed by atoms with Gasteiger partial charge in [0.15, 0.2) is 5.78 Å². The number of hydrogen-bond donors (Lipinski definition) is 0. The summed E-state index contributed by atoms with van der Waals surface area (Å²) in [6.45, 7) is 2.35. The fourth-order valence-electron chi connectivity index (χ4n) is 0.932. The molecule has 0 unspecified atom stereocenters. The summed E-state index contributed by atoms with van der Waals surface area (Å²) in [4.78, 5) is 10.5. The minimum atomic E-state index is 0.0801. The highest BCUT2D eigenvalue weighted by Crippen LogP contribution is 2.12. The Labute approximate surface area is 66.5 Å². The molecule has 0 saturated carbocycles. The maximum absolute atomic E-state index is 10.5. The van der Waals surface area contributed by atoms with Crippen molar-refractivity contribution in [2.45, 2.75) is 19.8 Å². The summed E-state index contributed by atoms with van der Waals surface area (Å²) in [5.74, 6) is 0.0801. The van der Waals surface area contributed by atoms with Crippen LogP contribution < -0.4 is 0 Å². The Morgan fingerprint density at radius 1 is 1.73 bits per heavy atom. The Balaban J connectivity index is 2.47. The molecule has 1 aliphatic rings. The van der Waals surface area contributed by atoms with Crippen LogP contribution in [0.2, 0.25) is 0 Å². The molecule has 2 heteroatoms. The molecule has 0 fully saturated rings. The van der Waals surface area contributed by atoms with Gasteiger partial charge in [-0.1, -0.05) is 6.08 Å². The van der Waals surface area contributed by atoms with Crippen LogP contribution in [0.3, 0.4) is 0 Å². The minimum Gasteiger partial charge on any atom is -0.501 e. The molecule has 0 aromatic rings. The van der Waals surface area contributed by atoms with Crippen LogP contribution in [-0.2, 0) is 9.53 Å². The molecule has 1 heterocycles. The first-order valence-electron chi connectivity index (χ1n) is 3.78. The van der Waals surface area contributed by atoms with E-state index in [2.05, 4.69) is 0 Å². The van der Waals surface area contributed by atoms with E-state index in [9.17, 15) is 4.79 Å².